The first-order valence-electron chi connectivity index (χ1n) is 2.14. The van der Waals surface area contributed by atoms with Crippen LogP contribution in [0.3, 0.4) is 0 Å². The molecule has 0 aliphatic rings. The molecular formula is C4H7F3O. The Kier molecular flexibility index (Phi) is 4.75. The van der Waals surface area contributed by atoms with Crippen LogP contribution in [-0.4, -0.2) is 26.3 Å². The Morgan fingerprint density at radius 1 is 1.12 bits per heavy atom. The minimum Gasteiger partial charge on any atom is -0.342 e. The summed E-state index contributed by atoms with van der Waals surface area (Å²) in [7, 11) is 0. The predicted octanol–water partition coefficient (Wildman–Crippen LogP) is 1.24. The largest absolute Gasteiger partial charge is 0.342 e. The molecule has 0 radical (unpaired) electrons. The molecule has 0 spiro atoms. The van der Waals surface area contributed by atoms with E-state index in [0.717, 1.165) is 0 Å². The van der Waals surface area contributed by atoms with Crippen LogP contribution in [0.5, 0.6) is 0 Å². The Balaban J connectivity index is 3.07. The lowest BCUT2D eigenvalue weighted by atomic mass is 10.4. The van der Waals surface area contributed by atoms with E-state index in [2.05, 4.69) is 4.74 Å². The molecule has 0 aromatic rings. The summed E-state index contributed by atoms with van der Waals surface area (Å²) >= 11 is 0. The van der Waals surface area contributed by atoms with Gasteiger partial charge in [0.1, 0.15) is 19.5 Å². The smallest absolute Gasteiger partial charge is 0.188 e. The van der Waals surface area contributed by atoms with Crippen molar-refractivity contribution in [3.05, 3.63) is 0 Å². The average molecular weight is 128 g/mol. The summed E-state index contributed by atoms with van der Waals surface area (Å²) in [5.74, 6) is 0. The molecule has 0 atom stereocenters. The number of ether oxygens (including phenoxy) is 1. The lowest BCUT2D eigenvalue weighted by Gasteiger charge is -2.04. The maximum Gasteiger partial charge on any atom is 0.188 e. The monoisotopic (exact) mass is 128 g/mol. The third-order valence-electron chi connectivity index (χ3n) is 0.643. The average Bonchev–Trinajstić information content (AvgIpc) is 1.83. The van der Waals surface area contributed by atoms with Gasteiger partial charge in [-0.2, -0.15) is 0 Å². The van der Waals surface area contributed by atoms with E-state index in [9.17, 15) is 13.2 Å². The van der Waals surface area contributed by atoms with Gasteiger partial charge >= 0.3 is 0 Å². The van der Waals surface area contributed by atoms with Gasteiger partial charge in [-0.3, -0.25) is 0 Å². The molecule has 0 fully saturated rings. The van der Waals surface area contributed by atoms with E-state index in [4.69, 9.17) is 0 Å². The van der Waals surface area contributed by atoms with E-state index >= 15 is 0 Å². The highest BCUT2D eigenvalue weighted by Gasteiger charge is 2.05. The van der Waals surface area contributed by atoms with Gasteiger partial charge in [0.25, 0.3) is 0 Å². The Morgan fingerprint density at radius 2 is 1.62 bits per heavy atom. The topological polar surface area (TPSA) is 9.23 Å². The van der Waals surface area contributed by atoms with Gasteiger partial charge in [0, 0.05) is 0 Å². The number of halogens is 3. The quantitative estimate of drug-likeness (QED) is 0.553. The van der Waals surface area contributed by atoms with Crippen molar-refractivity contribution in [1.82, 2.24) is 0 Å². The fraction of sp³-hybridized carbons (Fsp3) is 1.00. The molecule has 0 unspecified atom stereocenters. The van der Waals surface area contributed by atoms with Gasteiger partial charge in [0.15, 0.2) is 6.86 Å². The molecule has 0 aliphatic heterocycles. The molecule has 0 amide bonds. The normalized spacial score (nSPS) is 10.5. The van der Waals surface area contributed by atoms with Gasteiger partial charge < -0.3 is 4.74 Å². The lowest BCUT2D eigenvalue weighted by molar-refractivity contribution is -0.0267. The van der Waals surface area contributed by atoms with Crippen LogP contribution >= 0.6 is 0 Å². The number of rotatable bonds is 4. The Morgan fingerprint density at radius 3 is 1.75 bits per heavy atom. The van der Waals surface area contributed by atoms with Gasteiger partial charge in [0.05, 0.1) is 0 Å². The summed E-state index contributed by atoms with van der Waals surface area (Å²) in [6.07, 6.45) is -1.21. The van der Waals surface area contributed by atoms with Crippen molar-refractivity contribution in [1.29, 1.82) is 0 Å². The highest BCUT2D eigenvalue weighted by Crippen LogP contribution is 1.93. The van der Waals surface area contributed by atoms with Crippen LogP contribution in [0.4, 0.5) is 13.2 Å². The Labute approximate surface area is 45.4 Å². The Hall–Kier alpha value is -0.250. The fourth-order valence-electron chi connectivity index (χ4n) is 0.219. The lowest BCUT2D eigenvalue weighted by Crippen LogP contribution is -2.16. The zero-order valence-corrected chi connectivity index (χ0v) is 4.24. The molecule has 0 saturated carbocycles. The van der Waals surface area contributed by atoms with Gasteiger partial charge in [-0.05, 0) is 0 Å². The maximum absolute atomic E-state index is 11.3. The minimum absolute atomic E-state index is 0.972. The SMILES string of the molecule is FCOC(CF)CF. The number of hydrogen-bond acceptors (Lipinski definition) is 1. The summed E-state index contributed by atoms with van der Waals surface area (Å²) in [4.78, 5) is 0. The van der Waals surface area contributed by atoms with Crippen molar-refractivity contribution < 1.29 is 17.9 Å². The molecule has 0 heterocycles. The molecule has 8 heavy (non-hydrogen) atoms. The van der Waals surface area contributed by atoms with Crippen LogP contribution < -0.4 is 0 Å². The molecule has 50 valence electrons. The summed E-state index contributed by atoms with van der Waals surface area (Å²) in [5, 5.41) is 0. The highest BCUT2D eigenvalue weighted by atomic mass is 19.1. The van der Waals surface area contributed by atoms with Crippen molar-refractivity contribution in [3.8, 4) is 0 Å². The zero-order valence-electron chi connectivity index (χ0n) is 4.24. The molecule has 0 aromatic carbocycles. The van der Waals surface area contributed by atoms with Crippen molar-refractivity contribution in [3.63, 3.8) is 0 Å². The van der Waals surface area contributed by atoms with Crippen molar-refractivity contribution >= 4 is 0 Å². The summed E-state index contributed by atoms with van der Waals surface area (Å²) in [6, 6.07) is 0. The molecule has 1 nitrogen and oxygen atoms in total. The molecule has 0 bridgehead atoms. The molecule has 4 heteroatoms. The van der Waals surface area contributed by atoms with Crippen LogP contribution in [0.15, 0.2) is 0 Å². The van der Waals surface area contributed by atoms with Gasteiger partial charge in [-0.1, -0.05) is 0 Å². The maximum atomic E-state index is 11.3. The molecular weight excluding hydrogens is 121 g/mol. The van der Waals surface area contributed by atoms with Gasteiger partial charge in [-0.15, -0.1) is 0 Å². The van der Waals surface area contributed by atoms with Crippen LogP contribution in [0.25, 0.3) is 0 Å². The molecule has 0 rings (SSSR count). The molecule has 0 aliphatic carbocycles. The zero-order chi connectivity index (χ0) is 6.41. The van der Waals surface area contributed by atoms with E-state index in [1.165, 1.54) is 0 Å². The first kappa shape index (κ1) is 7.75. The first-order chi connectivity index (χ1) is 3.85. The van der Waals surface area contributed by atoms with Crippen LogP contribution in [0, 0.1) is 0 Å². The van der Waals surface area contributed by atoms with Crippen LogP contribution in [-0.2, 0) is 4.74 Å². The summed E-state index contributed by atoms with van der Waals surface area (Å²) in [6.45, 7) is -3.07. The molecule has 0 aromatic heterocycles. The Bertz CT molecular complexity index is 46.5. The van der Waals surface area contributed by atoms with E-state index in [0.29, 0.717) is 0 Å². The standard InChI is InChI=1S/C4H7F3O/c5-1-4(2-6)8-3-7/h4H,1-3H2. The first-order valence-corrected chi connectivity index (χ1v) is 2.14. The number of alkyl halides is 3. The van der Waals surface area contributed by atoms with E-state index < -0.39 is 26.3 Å². The van der Waals surface area contributed by atoms with Crippen molar-refractivity contribution in [2.75, 3.05) is 20.2 Å². The van der Waals surface area contributed by atoms with Gasteiger partial charge in [-0.25, -0.2) is 13.2 Å². The number of hydrogen-bond donors (Lipinski definition) is 0. The van der Waals surface area contributed by atoms with Crippen LogP contribution in [0.1, 0.15) is 0 Å². The van der Waals surface area contributed by atoms with Crippen LogP contribution in [0.2, 0.25) is 0 Å². The van der Waals surface area contributed by atoms with E-state index in [1.807, 2.05) is 0 Å². The van der Waals surface area contributed by atoms with E-state index in [1.54, 1.807) is 0 Å². The third kappa shape index (κ3) is 2.85. The fourth-order valence-corrected chi connectivity index (χ4v) is 0.219. The summed E-state index contributed by atoms with van der Waals surface area (Å²) < 4.78 is 37.6. The highest BCUT2D eigenvalue weighted by molar-refractivity contribution is 4.49. The van der Waals surface area contributed by atoms with E-state index in [-0.39, 0.29) is 0 Å². The second kappa shape index (κ2) is 4.90. The van der Waals surface area contributed by atoms with Crippen molar-refractivity contribution in [2.24, 2.45) is 0 Å². The second-order valence-electron chi connectivity index (χ2n) is 1.21. The van der Waals surface area contributed by atoms with Gasteiger partial charge in [0.2, 0.25) is 0 Å². The third-order valence-corrected chi connectivity index (χ3v) is 0.643. The second-order valence-corrected chi connectivity index (χ2v) is 1.21. The minimum atomic E-state index is -1.21. The molecule has 0 saturated heterocycles. The van der Waals surface area contributed by atoms with Crippen molar-refractivity contribution in [2.45, 2.75) is 6.10 Å². The summed E-state index contributed by atoms with van der Waals surface area (Å²) in [5.41, 5.74) is 0. The predicted molar refractivity (Wildman–Crippen MR) is 22.8 cm³/mol. The molecule has 0 N–H and O–H groups in total.